The van der Waals surface area contributed by atoms with Gasteiger partial charge < -0.3 is 18.9 Å². The fourth-order valence-corrected chi connectivity index (χ4v) is 3.92. The van der Waals surface area contributed by atoms with Crippen molar-refractivity contribution in [2.24, 2.45) is 5.92 Å². The molecule has 0 amide bonds. The Labute approximate surface area is 120 Å². The predicted octanol–water partition coefficient (Wildman–Crippen LogP) is 0.265. The van der Waals surface area contributed by atoms with Crippen molar-refractivity contribution in [3.8, 4) is 0 Å². The summed E-state index contributed by atoms with van der Waals surface area (Å²) in [5.41, 5.74) is 0.536. The number of rotatable bonds is 0. The van der Waals surface area contributed by atoms with Gasteiger partial charge in [0.25, 0.3) is 0 Å². The van der Waals surface area contributed by atoms with Gasteiger partial charge in [0.15, 0.2) is 0 Å². The van der Waals surface area contributed by atoms with E-state index in [2.05, 4.69) is 6.58 Å². The van der Waals surface area contributed by atoms with Crippen molar-refractivity contribution in [2.75, 3.05) is 0 Å². The third-order valence-electron chi connectivity index (χ3n) is 5.18. The molecule has 3 fully saturated rings. The predicted molar refractivity (Wildman–Crippen MR) is 67.0 cm³/mol. The summed E-state index contributed by atoms with van der Waals surface area (Å²) in [5, 5.41) is 0. The maximum atomic E-state index is 12.0. The highest BCUT2D eigenvalue weighted by molar-refractivity contribution is 5.94. The average molecular weight is 290 g/mol. The molecule has 0 N–H and O–H groups in total. The maximum absolute atomic E-state index is 12.0. The summed E-state index contributed by atoms with van der Waals surface area (Å²) in [5.74, 6) is -1.12. The van der Waals surface area contributed by atoms with Gasteiger partial charge in [-0.25, -0.2) is 9.59 Å². The molecule has 0 aromatic carbocycles. The summed E-state index contributed by atoms with van der Waals surface area (Å²) in [6.45, 7) is 5.80. The summed E-state index contributed by atoms with van der Waals surface area (Å²) in [6.07, 6.45) is 1.08. The maximum Gasteiger partial charge on any atom is 0.337 e. The van der Waals surface area contributed by atoms with Crippen molar-refractivity contribution < 1.29 is 28.5 Å². The van der Waals surface area contributed by atoms with Gasteiger partial charge in [-0.05, 0) is 13.0 Å². The Balaban J connectivity index is 1.59. The van der Waals surface area contributed by atoms with E-state index in [0.717, 1.165) is 0 Å². The number of hydrogen-bond acceptors (Lipinski definition) is 6. The van der Waals surface area contributed by atoms with E-state index in [-0.39, 0.29) is 41.9 Å². The zero-order valence-electron chi connectivity index (χ0n) is 11.4. The Hall–Kier alpha value is -1.66. The molecule has 1 aliphatic carbocycles. The molecule has 0 radical (unpaired) electrons. The lowest BCUT2D eigenvalue weighted by molar-refractivity contribution is -0.143. The highest BCUT2D eigenvalue weighted by Gasteiger charge is 2.68. The van der Waals surface area contributed by atoms with Crippen molar-refractivity contribution in [2.45, 2.75) is 49.5 Å². The SMILES string of the molecule is C=C1C(=O)O[C@@H]2C[C@]3(C)O[C@H]3[C@H]3O[C@@H]3C3=C[C@H](OC3=O)[C@@H]12. The molecule has 5 aliphatic rings. The molecule has 4 aliphatic heterocycles. The van der Waals surface area contributed by atoms with Crippen LogP contribution < -0.4 is 0 Å². The molecule has 4 heterocycles. The highest BCUT2D eigenvalue weighted by atomic mass is 16.7. The molecule has 0 unspecified atom stereocenters. The van der Waals surface area contributed by atoms with Gasteiger partial charge in [-0.15, -0.1) is 0 Å². The van der Waals surface area contributed by atoms with Gasteiger partial charge in [0.05, 0.1) is 17.1 Å². The van der Waals surface area contributed by atoms with Crippen LogP contribution in [0, 0.1) is 5.92 Å². The zero-order valence-corrected chi connectivity index (χ0v) is 11.4. The van der Waals surface area contributed by atoms with Gasteiger partial charge in [-0.1, -0.05) is 6.58 Å². The quantitative estimate of drug-likeness (QED) is 0.362. The average Bonchev–Trinajstić information content (AvgIpc) is 3.25. The first-order valence-corrected chi connectivity index (χ1v) is 7.14. The molecule has 6 nitrogen and oxygen atoms in total. The second-order valence-electron chi connectivity index (χ2n) is 6.56. The third-order valence-corrected chi connectivity index (χ3v) is 5.18. The van der Waals surface area contributed by atoms with Crippen LogP contribution in [0.4, 0.5) is 0 Å². The minimum absolute atomic E-state index is 0.0541. The summed E-state index contributed by atoms with van der Waals surface area (Å²) < 4.78 is 22.3. The molecule has 0 spiro atoms. The summed E-state index contributed by atoms with van der Waals surface area (Å²) in [7, 11) is 0. The molecular formula is C15H14O6. The van der Waals surface area contributed by atoms with Crippen LogP contribution in [0.25, 0.3) is 0 Å². The molecule has 3 saturated heterocycles. The van der Waals surface area contributed by atoms with Gasteiger partial charge >= 0.3 is 11.9 Å². The monoisotopic (exact) mass is 290 g/mol. The minimum atomic E-state index is -0.500. The van der Waals surface area contributed by atoms with Crippen molar-refractivity contribution >= 4 is 11.9 Å². The second-order valence-corrected chi connectivity index (χ2v) is 6.56. The lowest BCUT2D eigenvalue weighted by atomic mass is 9.83. The van der Waals surface area contributed by atoms with Gasteiger partial charge in [0.1, 0.15) is 30.5 Å². The normalized spacial score (nSPS) is 53.0. The number of carbonyl (C=O) groups is 2. The third kappa shape index (κ3) is 1.44. The molecule has 0 aromatic rings. The Morgan fingerprint density at radius 3 is 2.90 bits per heavy atom. The van der Waals surface area contributed by atoms with E-state index in [1.165, 1.54) is 0 Å². The van der Waals surface area contributed by atoms with Crippen LogP contribution in [-0.2, 0) is 28.5 Å². The first kappa shape index (κ1) is 11.9. The summed E-state index contributed by atoms with van der Waals surface area (Å²) in [6, 6.07) is 0. The van der Waals surface area contributed by atoms with Gasteiger partial charge in [0, 0.05) is 12.0 Å². The number of fused-ring (bicyclic) bond motifs is 7. The highest BCUT2D eigenvalue weighted by Crippen LogP contribution is 2.54. The van der Waals surface area contributed by atoms with Crippen LogP contribution in [0.5, 0.6) is 0 Å². The summed E-state index contributed by atoms with van der Waals surface area (Å²) in [4.78, 5) is 23.9. The van der Waals surface area contributed by atoms with Crippen molar-refractivity contribution in [1.82, 2.24) is 0 Å². The number of epoxide rings is 2. The second kappa shape index (κ2) is 3.39. The lowest BCUT2D eigenvalue weighted by Gasteiger charge is -2.23. The Morgan fingerprint density at radius 1 is 1.29 bits per heavy atom. The lowest BCUT2D eigenvalue weighted by Crippen LogP contribution is -2.33. The molecule has 7 atom stereocenters. The van der Waals surface area contributed by atoms with Crippen LogP contribution in [0.2, 0.25) is 0 Å². The molecule has 5 rings (SSSR count). The van der Waals surface area contributed by atoms with Crippen molar-refractivity contribution in [1.29, 1.82) is 0 Å². The fraction of sp³-hybridized carbons (Fsp3) is 0.600. The molecule has 21 heavy (non-hydrogen) atoms. The van der Waals surface area contributed by atoms with E-state index in [1.54, 1.807) is 6.08 Å². The van der Waals surface area contributed by atoms with E-state index in [4.69, 9.17) is 18.9 Å². The van der Waals surface area contributed by atoms with Crippen LogP contribution in [0.1, 0.15) is 13.3 Å². The first-order chi connectivity index (χ1) is 9.98. The number of ether oxygens (including phenoxy) is 4. The zero-order chi connectivity index (χ0) is 14.5. The molecular weight excluding hydrogens is 276 g/mol. The topological polar surface area (TPSA) is 77.7 Å². The standard InChI is InChI=1S/C15H14O6/c1-5-9-7-3-6(14(17)18-7)10-11(20-10)12-15(2,21-12)4-8(9)19-13(5)16/h3,7-12H,1,4H2,2H3/t7-,8+,9+,10+,11-,12-,15-/m0/s1. The summed E-state index contributed by atoms with van der Waals surface area (Å²) >= 11 is 0. The Bertz CT molecular complexity index is 636. The first-order valence-electron chi connectivity index (χ1n) is 7.14. The number of carbonyl (C=O) groups excluding carboxylic acids is 2. The van der Waals surface area contributed by atoms with Gasteiger partial charge in [0.2, 0.25) is 0 Å². The van der Waals surface area contributed by atoms with Gasteiger partial charge in [-0.3, -0.25) is 0 Å². The molecule has 0 aromatic heterocycles. The van der Waals surface area contributed by atoms with E-state index in [1.807, 2.05) is 6.92 Å². The number of hydrogen-bond donors (Lipinski definition) is 0. The van der Waals surface area contributed by atoms with Crippen molar-refractivity contribution in [3.63, 3.8) is 0 Å². The van der Waals surface area contributed by atoms with E-state index < -0.39 is 12.1 Å². The van der Waals surface area contributed by atoms with Crippen LogP contribution in [-0.4, -0.2) is 48.1 Å². The van der Waals surface area contributed by atoms with E-state index in [9.17, 15) is 9.59 Å². The minimum Gasteiger partial charge on any atom is -0.458 e. The van der Waals surface area contributed by atoms with Gasteiger partial charge in [-0.2, -0.15) is 0 Å². The Kier molecular flexibility index (Phi) is 1.93. The van der Waals surface area contributed by atoms with E-state index in [0.29, 0.717) is 17.6 Å². The molecule has 0 saturated carbocycles. The van der Waals surface area contributed by atoms with Crippen molar-refractivity contribution in [3.05, 3.63) is 23.8 Å². The van der Waals surface area contributed by atoms with Crippen LogP contribution in [0.15, 0.2) is 23.8 Å². The molecule has 110 valence electrons. The smallest absolute Gasteiger partial charge is 0.337 e. The fourth-order valence-electron chi connectivity index (χ4n) is 3.92. The van der Waals surface area contributed by atoms with Crippen LogP contribution >= 0.6 is 0 Å². The molecule has 2 bridgehead atoms. The molecule has 6 heteroatoms. The Morgan fingerprint density at radius 2 is 2.10 bits per heavy atom. The van der Waals surface area contributed by atoms with E-state index >= 15 is 0 Å². The van der Waals surface area contributed by atoms with Crippen LogP contribution in [0.3, 0.4) is 0 Å². The largest absolute Gasteiger partial charge is 0.458 e. The number of esters is 2.